The van der Waals surface area contributed by atoms with Crippen molar-refractivity contribution in [3.05, 3.63) is 101 Å². The molecule has 0 aliphatic carbocycles. The van der Waals surface area contributed by atoms with E-state index in [2.05, 4.69) is 27.4 Å². The molecule has 0 unspecified atom stereocenters. The molecule has 0 bridgehead atoms. The van der Waals surface area contributed by atoms with Gasteiger partial charge >= 0.3 is 0 Å². The third-order valence-electron chi connectivity index (χ3n) is 4.64. The second-order valence-corrected chi connectivity index (χ2v) is 8.10. The van der Waals surface area contributed by atoms with Crippen LogP contribution < -0.4 is 14.8 Å². The van der Waals surface area contributed by atoms with Gasteiger partial charge in [-0.25, -0.2) is 4.98 Å². The van der Waals surface area contributed by atoms with Gasteiger partial charge in [-0.1, -0.05) is 30.3 Å². The zero-order chi connectivity index (χ0) is 22.2. The highest BCUT2D eigenvalue weighted by atomic mass is 32.1. The maximum Gasteiger partial charge on any atom is 0.257 e. The van der Waals surface area contributed by atoms with Crippen molar-refractivity contribution in [3.8, 4) is 11.5 Å². The molecule has 0 aliphatic rings. The average Bonchev–Trinajstić information content (AvgIpc) is 3.26. The lowest BCUT2D eigenvalue weighted by molar-refractivity contribution is 0.102. The highest BCUT2D eigenvalue weighted by Crippen LogP contribution is 2.30. The fraction of sp³-hybridized carbons (Fsp3) is 0.160. The second-order valence-electron chi connectivity index (χ2n) is 6.99. The Morgan fingerprint density at radius 3 is 2.56 bits per heavy atom. The number of carbonyl (C=O) groups is 1. The molecule has 0 atom stereocenters. The van der Waals surface area contributed by atoms with Crippen LogP contribution in [0.1, 0.15) is 33.3 Å². The molecule has 0 aliphatic heterocycles. The summed E-state index contributed by atoms with van der Waals surface area (Å²) in [6.45, 7) is 2.74. The van der Waals surface area contributed by atoms with Gasteiger partial charge in [-0.15, -0.1) is 11.3 Å². The molecule has 4 aromatic rings. The Labute approximate surface area is 190 Å². The van der Waals surface area contributed by atoms with Gasteiger partial charge in [0.15, 0.2) is 16.6 Å². The van der Waals surface area contributed by atoms with Crippen molar-refractivity contribution in [1.29, 1.82) is 0 Å². The lowest BCUT2D eigenvalue weighted by atomic mass is 10.1. The van der Waals surface area contributed by atoms with Crippen molar-refractivity contribution in [2.45, 2.75) is 20.0 Å². The second kappa shape index (κ2) is 10.5. The fourth-order valence-corrected chi connectivity index (χ4v) is 3.93. The highest BCUT2D eigenvalue weighted by molar-refractivity contribution is 7.15. The molecule has 0 radical (unpaired) electrons. The van der Waals surface area contributed by atoms with Crippen molar-refractivity contribution in [2.24, 2.45) is 0 Å². The van der Waals surface area contributed by atoms with Crippen molar-refractivity contribution in [3.63, 3.8) is 0 Å². The Morgan fingerprint density at radius 2 is 1.78 bits per heavy atom. The lowest BCUT2D eigenvalue weighted by Crippen LogP contribution is -2.12. The number of benzene rings is 2. The lowest BCUT2D eigenvalue weighted by Gasteiger charge is -2.13. The van der Waals surface area contributed by atoms with Crippen molar-refractivity contribution >= 4 is 22.4 Å². The van der Waals surface area contributed by atoms with Gasteiger partial charge in [-0.05, 0) is 48.4 Å². The van der Waals surface area contributed by atoms with E-state index in [1.54, 1.807) is 36.8 Å². The van der Waals surface area contributed by atoms with E-state index >= 15 is 0 Å². The van der Waals surface area contributed by atoms with E-state index in [1.165, 1.54) is 16.9 Å². The molecule has 2 heterocycles. The zero-order valence-corrected chi connectivity index (χ0v) is 18.5. The Kier molecular flexibility index (Phi) is 7.09. The number of amides is 1. The number of nitrogens with zero attached hydrogens (tertiary/aromatic N) is 2. The van der Waals surface area contributed by atoms with Crippen LogP contribution in [-0.4, -0.2) is 22.5 Å². The highest BCUT2D eigenvalue weighted by Gasteiger charge is 2.14. The number of anilines is 1. The first kappa shape index (κ1) is 21.5. The maximum atomic E-state index is 12.8. The summed E-state index contributed by atoms with van der Waals surface area (Å²) in [6.07, 6.45) is 6.03. The number of aromatic nitrogens is 2. The molecule has 2 aromatic heterocycles. The molecule has 32 heavy (non-hydrogen) atoms. The molecular formula is C25H23N3O3S. The molecule has 1 amide bonds. The molecule has 0 fully saturated rings. The van der Waals surface area contributed by atoms with Crippen LogP contribution in [0.3, 0.4) is 0 Å². The van der Waals surface area contributed by atoms with Gasteiger partial charge in [0.05, 0.1) is 6.61 Å². The monoisotopic (exact) mass is 445 g/mol. The summed E-state index contributed by atoms with van der Waals surface area (Å²) in [7, 11) is 0. The summed E-state index contributed by atoms with van der Waals surface area (Å²) in [5.74, 6) is 0.866. The fourth-order valence-electron chi connectivity index (χ4n) is 3.09. The van der Waals surface area contributed by atoms with Crippen LogP contribution >= 0.6 is 11.3 Å². The number of thiazole rings is 1. The topological polar surface area (TPSA) is 73.3 Å². The van der Waals surface area contributed by atoms with Gasteiger partial charge in [0.25, 0.3) is 5.91 Å². The van der Waals surface area contributed by atoms with Gasteiger partial charge in [-0.3, -0.25) is 15.1 Å². The molecule has 0 spiro atoms. The Hall–Kier alpha value is -3.71. The third-order valence-corrected chi connectivity index (χ3v) is 5.56. The van der Waals surface area contributed by atoms with E-state index < -0.39 is 0 Å². The van der Waals surface area contributed by atoms with Crippen LogP contribution in [0.5, 0.6) is 11.5 Å². The van der Waals surface area contributed by atoms with Crippen LogP contribution in [-0.2, 0) is 13.0 Å². The van der Waals surface area contributed by atoms with E-state index in [0.717, 1.165) is 16.9 Å². The van der Waals surface area contributed by atoms with Crippen LogP contribution in [0.25, 0.3) is 0 Å². The minimum absolute atomic E-state index is 0.243. The van der Waals surface area contributed by atoms with E-state index in [9.17, 15) is 4.79 Å². The number of hydrogen-bond acceptors (Lipinski definition) is 6. The summed E-state index contributed by atoms with van der Waals surface area (Å²) in [6, 6.07) is 19.1. The molecule has 2 aromatic carbocycles. The smallest absolute Gasteiger partial charge is 0.257 e. The SMILES string of the molecule is CCOc1cc(C(=O)Nc2ncc(Cc3ccccc3)s2)ccc1OCc1ccncc1. The summed E-state index contributed by atoms with van der Waals surface area (Å²) >= 11 is 1.47. The van der Waals surface area contributed by atoms with Gasteiger partial charge in [0, 0.05) is 35.5 Å². The number of hydrogen-bond donors (Lipinski definition) is 1. The first-order valence-corrected chi connectivity index (χ1v) is 11.1. The number of nitrogens with one attached hydrogen (secondary N) is 1. The standard InChI is InChI=1S/C25H23N3O3S/c1-2-30-23-15-20(8-9-22(23)31-17-19-10-12-26-13-11-19)24(29)28-25-27-16-21(32-25)14-18-6-4-3-5-7-18/h3-13,15-16H,2,14,17H2,1H3,(H,27,28,29). The predicted octanol–water partition coefficient (Wildman–Crippen LogP) is 5.36. The third kappa shape index (κ3) is 5.70. The van der Waals surface area contributed by atoms with Gasteiger partial charge in [0.1, 0.15) is 6.61 Å². The Bertz CT molecular complexity index is 1160. The molecule has 6 nitrogen and oxygen atoms in total. The first-order valence-electron chi connectivity index (χ1n) is 10.3. The van der Waals surface area contributed by atoms with Gasteiger partial charge in [0.2, 0.25) is 0 Å². The minimum atomic E-state index is -0.243. The van der Waals surface area contributed by atoms with E-state index in [0.29, 0.717) is 35.4 Å². The van der Waals surface area contributed by atoms with E-state index in [1.807, 2.05) is 37.3 Å². The van der Waals surface area contributed by atoms with Crippen molar-refractivity contribution < 1.29 is 14.3 Å². The summed E-state index contributed by atoms with van der Waals surface area (Å²) in [5.41, 5.74) is 2.68. The van der Waals surface area contributed by atoms with Crippen LogP contribution in [0.2, 0.25) is 0 Å². The quantitative estimate of drug-likeness (QED) is 0.375. The maximum absolute atomic E-state index is 12.8. The summed E-state index contributed by atoms with van der Waals surface area (Å²) < 4.78 is 11.6. The summed E-state index contributed by atoms with van der Waals surface area (Å²) in [5, 5.41) is 3.44. The molecule has 7 heteroatoms. The molecule has 0 saturated heterocycles. The van der Waals surface area contributed by atoms with Crippen LogP contribution in [0, 0.1) is 0 Å². The van der Waals surface area contributed by atoms with Crippen LogP contribution in [0.15, 0.2) is 79.3 Å². The molecule has 162 valence electrons. The Morgan fingerprint density at radius 1 is 0.969 bits per heavy atom. The average molecular weight is 446 g/mol. The van der Waals surface area contributed by atoms with E-state index in [-0.39, 0.29) is 5.91 Å². The molecule has 1 N–H and O–H groups in total. The largest absolute Gasteiger partial charge is 0.490 e. The number of ether oxygens (including phenoxy) is 2. The number of carbonyl (C=O) groups excluding carboxylic acids is 1. The molecular weight excluding hydrogens is 422 g/mol. The van der Waals surface area contributed by atoms with Gasteiger partial charge in [-0.2, -0.15) is 0 Å². The normalized spacial score (nSPS) is 10.5. The zero-order valence-electron chi connectivity index (χ0n) is 17.7. The Balaban J connectivity index is 1.42. The summed E-state index contributed by atoms with van der Waals surface area (Å²) in [4.78, 5) is 22.2. The van der Waals surface area contributed by atoms with Crippen molar-refractivity contribution in [2.75, 3.05) is 11.9 Å². The van der Waals surface area contributed by atoms with Crippen LogP contribution in [0.4, 0.5) is 5.13 Å². The van der Waals surface area contributed by atoms with Crippen molar-refractivity contribution in [1.82, 2.24) is 9.97 Å². The predicted molar refractivity (Wildman–Crippen MR) is 125 cm³/mol. The molecule has 4 rings (SSSR count). The minimum Gasteiger partial charge on any atom is -0.490 e. The van der Waals surface area contributed by atoms with E-state index in [4.69, 9.17) is 9.47 Å². The number of rotatable bonds is 9. The molecule has 0 saturated carbocycles. The van der Waals surface area contributed by atoms with Gasteiger partial charge < -0.3 is 9.47 Å². The first-order chi connectivity index (χ1) is 15.7. The number of pyridine rings is 1.